The second-order valence-electron chi connectivity index (χ2n) is 3.83. The second kappa shape index (κ2) is 5.10. The largest absolute Gasteiger partial charge is 0.393 e. The van der Waals surface area contributed by atoms with Crippen molar-refractivity contribution in [2.75, 3.05) is 6.61 Å². The Morgan fingerprint density at radius 1 is 1.18 bits per heavy atom. The molecule has 0 aromatic heterocycles. The van der Waals surface area contributed by atoms with Gasteiger partial charge in [-0.15, -0.1) is 0 Å². The normalized spacial score (nSPS) is 12.6. The van der Waals surface area contributed by atoms with Crippen molar-refractivity contribution in [1.29, 1.82) is 0 Å². The standard InChI is InChI=1S/C14H14O3/c1-10(14(9-15)17-16)12-8-4-6-11-5-2-3-7-13(11)12/h2-8,14-16H,1,9H2/t14-/m1/s1. The summed E-state index contributed by atoms with van der Waals surface area (Å²) in [6, 6.07) is 13.7. The molecule has 0 aliphatic carbocycles. The van der Waals surface area contributed by atoms with E-state index in [4.69, 9.17) is 10.4 Å². The lowest BCUT2D eigenvalue weighted by Gasteiger charge is -2.15. The van der Waals surface area contributed by atoms with Crippen molar-refractivity contribution in [3.8, 4) is 0 Å². The van der Waals surface area contributed by atoms with Gasteiger partial charge in [0.15, 0.2) is 0 Å². The summed E-state index contributed by atoms with van der Waals surface area (Å²) < 4.78 is 0. The van der Waals surface area contributed by atoms with Crippen LogP contribution in [0.5, 0.6) is 0 Å². The highest BCUT2D eigenvalue weighted by molar-refractivity contribution is 5.94. The highest BCUT2D eigenvalue weighted by Gasteiger charge is 2.15. The van der Waals surface area contributed by atoms with Crippen LogP contribution >= 0.6 is 0 Å². The van der Waals surface area contributed by atoms with Crippen molar-refractivity contribution in [2.45, 2.75) is 6.10 Å². The summed E-state index contributed by atoms with van der Waals surface area (Å²) in [6.45, 7) is 3.57. The number of hydrogen-bond donors (Lipinski definition) is 2. The Morgan fingerprint density at radius 2 is 1.88 bits per heavy atom. The van der Waals surface area contributed by atoms with Crippen LogP contribution in [0.15, 0.2) is 49.0 Å². The third kappa shape index (κ3) is 2.22. The molecule has 88 valence electrons. The first-order valence-electron chi connectivity index (χ1n) is 5.36. The Hall–Kier alpha value is -1.68. The molecule has 0 radical (unpaired) electrons. The summed E-state index contributed by atoms with van der Waals surface area (Å²) in [5.74, 6) is 0. The Balaban J connectivity index is 2.52. The van der Waals surface area contributed by atoms with Crippen molar-refractivity contribution in [3.05, 3.63) is 54.6 Å². The van der Waals surface area contributed by atoms with Gasteiger partial charge in [-0.1, -0.05) is 49.0 Å². The minimum atomic E-state index is -0.791. The molecule has 3 nitrogen and oxygen atoms in total. The van der Waals surface area contributed by atoms with E-state index in [2.05, 4.69) is 11.5 Å². The van der Waals surface area contributed by atoms with Crippen molar-refractivity contribution in [2.24, 2.45) is 0 Å². The number of fused-ring (bicyclic) bond motifs is 1. The number of rotatable bonds is 4. The van der Waals surface area contributed by atoms with Crippen LogP contribution in [0.1, 0.15) is 5.56 Å². The Kier molecular flexibility index (Phi) is 3.54. The average Bonchev–Trinajstić information content (AvgIpc) is 2.39. The summed E-state index contributed by atoms with van der Waals surface area (Å²) in [5.41, 5.74) is 1.43. The molecule has 0 unspecified atom stereocenters. The molecule has 0 amide bonds. The topological polar surface area (TPSA) is 49.7 Å². The van der Waals surface area contributed by atoms with Crippen molar-refractivity contribution in [3.63, 3.8) is 0 Å². The van der Waals surface area contributed by atoms with Gasteiger partial charge in [-0.3, -0.25) is 5.26 Å². The molecule has 0 fully saturated rings. The SMILES string of the molecule is C=C(c1cccc2ccccc12)[C@@H](CO)OO. The van der Waals surface area contributed by atoms with Gasteiger partial charge in [-0.25, -0.2) is 4.89 Å². The predicted octanol–water partition coefficient (Wildman–Crippen LogP) is 2.70. The van der Waals surface area contributed by atoms with Gasteiger partial charge in [-0.2, -0.15) is 0 Å². The minimum Gasteiger partial charge on any atom is -0.393 e. The van der Waals surface area contributed by atoms with Crippen LogP contribution in [-0.2, 0) is 4.89 Å². The van der Waals surface area contributed by atoms with Gasteiger partial charge in [0, 0.05) is 0 Å². The summed E-state index contributed by atoms with van der Waals surface area (Å²) >= 11 is 0. The van der Waals surface area contributed by atoms with E-state index in [9.17, 15) is 0 Å². The van der Waals surface area contributed by atoms with Crippen molar-refractivity contribution in [1.82, 2.24) is 0 Å². The Labute approximate surface area is 99.5 Å². The summed E-state index contributed by atoms with van der Waals surface area (Å²) in [4.78, 5) is 4.22. The summed E-state index contributed by atoms with van der Waals surface area (Å²) in [6.07, 6.45) is -0.791. The molecule has 0 spiro atoms. The highest BCUT2D eigenvalue weighted by atomic mass is 17.1. The first-order valence-corrected chi connectivity index (χ1v) is 5.36. The lowest BCUT2D eigenvalue weighted by atomic mass is 9.96. The van der Waals surface area contributed by atoms with E-state index in [1.165, 1.54) is 0 Å². The molecule has 2 rings (SSSR count). The molecule has 0 heterocycles. The van der Waals surface area contributed by atoms with E-state index < -0.39 is 6.10 Å². The number of aliphatic hydroxyl groups excluding tert-OH is 1. The smallest absolute Gasteiger partial charge is 0.141 e. The minimum absolute atomic E-state index is 0.307. The van der Waals surface area contributed by atoms with Crippen LogP contribution in [-0.4, -0.2) is 23.1 Å². The summed E-state index contributed by atoms with van der Waals surface area (Å²) in [5, 5.41) is 19.9. The molecule has 0 saturated carbocycles. The molecule has 0 aliphatic heterocycles. The summed E-state index contributed by atoms with van der Waals surface area (Å²) in [7, 11) is 0. The molecule has 2 N–H and O–H groups in total. The maximum atomic E-state index is 9.08. The van der Waals surface area contributed by atoms with Crippen LogP contribution in [0.25, 0.3) is 16.3 Å². The average molecular weight is 230 g/mol. The van der Waals surface area contributed by atoms with Gasteiger partial charge < -0.3 is 5.11 Å². The van der Waals surface area contributed by atoms with Crippen LogP contribution < -0.4 is 0 Å². The fourth-order valence-corrected chi connectivity index (χ4v) is 1.89. The number of aliphatic hydroxyl groups is 1. The van der Waals surface area contributed by atoms with E-state index in [1.807, 2.05) is 42.5 Å². The van der Waals surface area contributed by atoms with E-state index >= 15 is 0 Å². The maximum absolute atomic E-state index is 9.08. The van der Waals surface area contributed by atoms with Gasteiger partial charge in [0.05, 0.1) is 6.61 Å². The van der Waals surface area contributed by atoms with Gasteiger partial charge in [0.2, 0.25) is 0 Å². The molecule has 1 atom stereocenters. The lowest BCUT2D eigenvalue weighted by molar-refractivity contribution is -0.268. The quantitative estimate of drug-likeness (QED) is 0.627. The molecule has 0 aliphatic rings. The third-order valence-electron chi connectivity index (χ3n) is 2.82. The van der Waals surface area contributed by atoms with Crippen LogP contribution in [0.4, 0.5) is 0 Å². The molecular formula is C14H14O3. The molecule has 0 saturated heterocycles. The van der Waals surface area contributed by atoms with E-state index in [-0.39, 0.29) is 6.61 Å². The van der Waals surface area contributed by atoms with Gasteiger partial charge in [-0.05, 0) is 21.9 Å². The fraction of sp³-hybridized carbons (Fsp3) is 0.143. The van der Waals surface area contributed by atoms with Gasteiger partial charge >= 0.3 is 0 Å². The number of benzene rings is 2. The lowest BCUT2D eigenvalue weighted by Crippen LogP contribution is -2.17. The monoisotopic (exact) mass is 230 g/mol. The van der Waals surface area contributed by atoms with Crippen LogP contribution in [0.3, 0.4) is 0 Å². The molecule has 0 bridgehead atoms. The van der Waals surface area contributed by atoms with Crippen molar-refractivity contribution < 1.29 is 15.3 Å². The second-order valence-corrected chi connectivity index (χ2v) is 3.83. The van der Waals surface area contributed by atoms with E-state index in [0.29, 0.717) is 5.57 Å². The van der Waals surface area contributed by atoms with E-state index in [1.54, 1.807) is 0 Å². The zero-order valence-corrected chi connectivity index (χ0v) is 9.34. The fourth-order valence-electron chi connectivity index (χ4n) is 1.89. The zero-order chi connectivity index (χ0) is 12.3. The molecule has 2 aromatic carbocycles. The Morgan fingerprint density at radius 3 is 2.59 bits per heavy atom. The van der Waals surface area contributed by atoms with Crippen LogP contribution in [0, 0.1) is 0 Å². The highest BCUT2D eigenvalue weighted by Crippen LogP contribution is 2.26. The predicted molar refractivity (Wildman–Crippen MR) is 67.6 cm³/mol. The third-order valence-corrected chi connectivity index (χ3v) is 2.82. The Bertz CT molecular complexity index is 524. The molecule has 17 heavy (non-hydrogen) atoms. The molecule has 3 heteroatoms. The van der Waals surface area contributed by atoms with E-state index in [0.717, 1.165) is 16.3 Å². The molecular weight excluding hydrogens is 216 g/mol. The first-order chi connectivity index (χ1) is 8.27. The van der Waals surface area contributed by atoms with Crippen LogP contribution in [0.2, 0.25) is 0 Å². The van der Waals surface area contributed by atoms with Crippen molar-refractivity contribution >= 4 is 16.3 Å². The molecule has 2 aromatic rings. The van der Waals surface area contributed by atoms with Gasteiger partial charge in [0.1, 0.15) is 6.10 Å². The first kappa shape index (κ1) is 11.8. The van der Waals surface area contributed by atoms with Gasteiger partial charge in [0.25, 0.3) is 0 Å². The number of hydrogen-bond acceptors (Lipinski definition) is 3. The maximum Gasteiger partial charge on any atom is 0.141 e. The zero-order valence-electron chi connectivity index (χ0n) is 9.34.